The number of furan rings is 1. The van der Waals surface area contributed by atoms with Gasteiger partial charge in [0.25, 0.3) is 0 Å². The largest absolute Gasteiger partial charge is 0.459 e. The van der Waals surface area contributed by atoms with Gasteiger partial charge in [-0.25, -0.2) is 0 Å². The van der Waals surface area contributed by atoms with Crippen LogP contribution < -0.4 is 5.32 Å². The van der Waals surface area contributed by atoms with E-state index in [1.807, 2.05) is 12.1 Å². The second kappa shape index (κ2) is 5.98. The Morgan fingerprint density at radius 1 is 1.20 bits per heavy atom. The van der Waals surface area contributed by atoms with Crippen molar-refractivity contribution in [1.82, 2.24) is 10.2 Å². The van der Waals surface area contributed by atoms with E-state index in [0.29, 0.717) is 6.04 Å². The number of hydrogen-bond acceptors (Lipinski definition) is 3. The van der Waals surface area contributed by atoms with Gasteiger partial charge in [0.05, 0.1) is 6.04 Å². The van der Waals surface area contributed by atoms with E-state index in [9.17, 15) is 0 Å². The molecule has 1 aliphatic rings. The first-order valence-electron chi connectivity index (χ1n) is 7.70. The van der Waals surface area contributed by atoms with Gasteiger partial charge in [0.2, 0.25) is 0 Å². The predicted octanol–water partition coefficient (Wildman–Crippen LogP) is 3.57. The summed E-state index contributed by atoms with van der Waals surface area (Å²) < 4.78 is 5.91. The van der Waals surface area contributed by atoms with E-state index in [2.05, 4.69) is 42.3 Å². The van der Waals surface area contributed by atoms with Gasteiger partial charge in [-0.1, -0.05) is 18.2 Å². The average molecular weight is 272 g/mol. The lowest BCUT2D eigenvalue weighted by Crippen LogP contribution is -2.39. The zero-order valence-corrected chi connectivity index (χ0v) is 12.4. The minimum Gasteiger partial charge on any atom is -0.459 e. The lowest BCUT2D eigenvalue weighted by Gasteiger charge is -2.25. The van der Waals surface area contributed by atoms with E-state index in [0.717, 1.165) is 17.9 Å². The number of hydrogen-bond donors (Lipinski definition) is 1. The Balaban J connectivity index is 1.59. The molecule has 0 amide bonds. The van der Waals surface area contributed by atoms with Crippen LogP contribution in [0.15, 0.2) is 34.7 Å². The van der Waals surface area contributed by atoms with Crippen molar-refractivity contribution >= 4 is 11.0 Å². The van der Waals surface area contributed by atoms with Crippen LogP contribution in [0.4, 0.5) is 0 Å². The third-order valence-electron chi connectivity index (χ3n) is 4.35. The standard InChI is InChI=1S/C17H24N2O/c1-13(19-9-5-6-10-19)12-18-14(2)17-11-15-7-3-4-8-16(15)20-17/h3-4,7-8,11,13-14,18H,5-6,9-10,12H2,1-2H3. The van der Waals surface area contributed by atoms with Crippen molar-refractivity contribution in [3.05, 3.63) is 36.1 Å². The Kier molecular flexibility index (Phi) is 4.08. The smallest absolute Gasteiger partial charge is 0.134 e. The van der Waals surface area contributed by atoms with Crippen LogP contribution in [0.3, 0.4) is 0 Å². The molecular formula is C17H24N2O. The Bertz CT molecular complexity index is 524. The predicted molar refractivity (Wildman–Crippen MR) is 82.9 cm³/mol. The minimum absolute atomic E-state index is 0.257. The van der Waals surface area contributed by atoms with Crippen molar-refractivity contribution < 1.29 is 4.42 Å². The molecule has 2 aromatic rings. The second-order valence-corrected chi connectivity index (χ2v) is 5.91. The van der Waals surface area contributed by atoms with E-state index < -0.39 is 0 Å². The fourth-order valence-electron chi connectivity index (χ4n) is 2.98. The van der Waals surface area contributed by atoms with Crippen LogP contribution >= 0.6 is 0 Å². The number of fused-ring (bicyclic) bond motifs is 1. The highest BCUT2D eigenvalue weighted by molar-refractivity contribution is 5.77. The normalized spacial score (nSPS) is 19.5. The highest BCUT2D eigenvalue weighted by atomic mass is 16.3. The summed E-state index contributed by atoms with van der Waals surface area (Å²) >= 11 is 0. The van der Waals surface area contributed by atoms with Gasteiger partial charge >= 0.3 is 0 Å². The maximum atomic E-state index is 5.91. The molecule has 3 nitrogen and oxygen atoms in total. The number of para-hydroxylation sites is 1. The fourth-order valence-corrected chi connectivity index (χ4v) is 2.98. The Hall–Kier alpha value is -1.32. The Labute approximate surface area is 120 Å². The quantitative estimate of drug-likeness (QED) is 0.902. The molecule has 20 heavy (non-hydrogen) atoms. The fraction of sp³-hybridized carbons (Fsp3) is 0.529. The van der Waals surface area contributed by atoms with Crippen molar-refractivity contribution in [2.24, 2.45) is 0 Å². The molecule has 0 aliphatic carbocycles. The van der Waals surface area contributed by atoms with Crippen LogP contribution in [0.25, 0.3) is 11.0 Å². The summed E-state index contributed by atoms with van der Waals surface area (Å²) in [6.07, 6.45) is 2.70. The molecule has 0 saturated carbocycles. The molecule has 3 heteroatoms. The monoisotopic (exact) mass is 272 g/mol. The molecule has 1 fully saturated rings. The van der Waals surface area contributed by atoms with Crippen LogP contribution in [-0.4, -0.2) is 30.6 Å². The summed E-state index contributed by atoms with van der Waals surface area (Å²) in [5, 5.41) is 4.79. The molecular weight excluding hydrogens is 248 g/mol. The van der Waals surface area contributed by atoms with E-state index >= 15 is 0 Å². The third kappa shape index (κ3) is 2.89. The van der Waals surface area contributed by atoms with Crippen LogP contribution in [0.5, 0.6) is 0 Å². The zero-order chi connectivity index (χ0) is 13.9. The molecule has 0 spiro atoms. The first-order valence-corrected chi connectivity index (χ1v) is 7.70. The van der Waals surface area contributed by atoms with Crippen molar-refractivity contribution in [2.45, 2.75) is 38.8 Å². The highest BCUT2D eigenvalue weighted by Gasteiger charge is 2.19. The minimum atomic E-state index is 0.257. The van der Waals surface area contributed by atoms with Crippen LogP contribution in [0.2, 0.25) is 0 Å². The van der Waals surface area contributed by atoms with Gasteiger partial charge in [0, 0.05) is 18.0 Å². The topological polar surface area (TPSA) is 28.4 Å². The van der Waals surface area contributed by atoms with Crippen LogP contribution in [-0.2, 0) is 0 Å². The average Bonchev–Trinajstić information content (AvgIpc) is 3.12. The van der Waals surface area contributed by atoms with Crippen molar-refractivity contribution in [1.29, 1.82) is 0 Å². The molecule has 0 radical (unpaired) electrons. The molecule has 3 rings (SSSR count). The van der Waals surface area contributed by atoms with Crippen LogP contribution in [0, 0.1) is 0 Å². The van der Waals surface area contributed by atoms with E-state index in [1.165, 1.54) is 31.3 Å². The van der Waals surface area contributed by atoms with Gasteiger partial charge in [-0.05, 0) is 51.9 Å². The summed E-state index contributed by atoms with van der Waals surface area (Å²) in [5.41, 5.74) is 0.976. The van der Waals surface area contributed by atoms with E-state index in [-0.39, 0.29) is 6.04 Å². The zero-order valence-electron chi connectivity index (χ0n) is 12.4. The van der Waals surface area contributed by atoms with Crippen molar-refractivity contribution in [3.8, 4) is 0 Å². The van der Waals surface area contributed by atoms with E-state index in [1.54, 1.807) is 0 Å². The van der Waals surface area contributed by atoms with Gasteiger partial charge in [-0.15, -0.1) is 0 Å². The van der Waals surface area contributed by atoms with Gasteiger partial charge in [-0.3, -0.25) is 4.90 Å². The van der Waals surface area contributed by atoms with Crippen molar-refractivity contribution in [3.63, 3.8) is 0 Å². The van der Waals surface area contributed by atoms with Gasteiger partial charge in [-0.2, -0.15) is 0 Å². The number of likely N-dealkylation sites (tertiary alicyclic amines) is 1. The highest BCUT2D eigenvalue weighted by Crippen LogP contribution is 2.23. The summed E-state index contributed by atoms with van der Waals surface area (Å²) in [5.74, 6) is 1.03. The molecule has 2 unspecified atom stereocenters. The summed E-state index contributed by atoms with van der Waals surface area (Å²) in [6, 6.07) is 11.2. The molecule has 2 atom stereocenters. The molecule has 1 aliphatic heterocycles. The summed E-state index contributed by atoms with van der Waals surface area (Å²) in [6.45, 7) is 8.00. The number of nitrogens with zero attached hydrogens (tertiary/aromatic N) is 1. The SMILES string of the molecule is CC(NCC(C)N1CCCC1)c1cc2ccccc2o1. The first-order chi connectivity index (χ1) is 9.74. The van der Waals surface area contributed by atoms with Crippen molar-refractivity contribution in [2.75, 3.05) is 19.6 Å². The maximum Gasteiger partial charge on any atom is 0.134 e. The molecule has 1 aromatic heterocycles. The molecule has 1 N–H and O–H groups in total. The number of rotatable bonds is 5. The second-order valence-electron chi connectivity index (χ2n) is 5.91. The number of nitrogens with one attached hydrogen (secondary N) is 1. The summed E-state index contributed by atoms with van der Waals surface area (Å²) in [4.78, 5) is 2.57. The van der Waals surface area contributed by atoms with Crippen LogP contribution in [0.1, 0.15) is 38.5 Å². The summed E-state index contributed by atoms with van der Waals surface area (Å²) in [7, 11) is 0. The van der Waals surface area contributed by atoms with E-state index in [4.69, 9.17) is 4.42 Å². The van der Waals surface area contributed by atoms with Gasteiger partial charge < -0.3 is 9.73 Å². The van der Waals surface area contributed by atoms with Gasteiger partial charge in [0.15, 0.2) is 0 Å². The maximum absolute atomic E-state index is 5.91. The first kappa shape index (κ1) is 13.7. The Morgan fingerprint density at radius 3 is 2.70 bits per heavy atom. The molecule has 1 aromatic carbocycles. The molecule has 1 saturated heterocycles. The third-order valence-corrected chi connectivity index (χ3v) is 4.35. The lowest BCUT2D eigenvalue weighted by molar-refractivity contribution is 0.244. The molecule has 108 valence electrons. The lowest BCUT2D eigenvalue weighted by atomic mass is 10.2. The number of benzene rings is 1. The van der Waals surface area contributed by atoms with Gasteiger partial charge in [0.1, 0.15) is 11.3 Å². The molecule has 2 heterocycles. The Morgan fingerprint density at radius 2 is 1.95 bits per heavy atom. The molecule has 0 bridgehead atoms.